The average Bonchev–Trinajstić information content (AvgIpc) is 2.77. The fraction of sp³-hybridized carbons (Fsp3) is 0.727. The summed E-state index contributed by atoms with van der Waals surface area (Å²) in [6, 6.07) is 0.881. The number of piperidine rings is 1. The smallest absolute Gasteiger partial charge is 0.358 e. The number of aryl methyl sites for hydroxylation is 1. The molecule has 0 saturated carbocycles. The highest BCUT2D eigenvalue weighted by molar-refractivity contribution is 5.57. The normalized spacial score (nSPS) is 30.8. The topological polar surface area (TPSA) is 90.2 Å². The zero-order chi connectivity index (χ0) is 12.9. The number of nitrogens with zero attached hydrogens (tertiary/aromatic N) is 4. The van der Waals surface area contributed by atoms with Gasteiger partial charge in [0.2, 0.25) is 12.1 Å². The molecule has 3 heterocycles. The van der Waals surface area contributed by atoms with E-state index in [0.29, 0.717) is 17.9 Å². The molecule has 2 N–H and O–H groups in total. The molecule has 98 valence electrons. The lowest BCUT2D eigenvalue weighted by Crippen LogP contribution is -2.48. The van der Waals surface area contributed by atoms with Gasteiger partial charge in [-0.2, -0.15) is 0 Å². The van der Waals surface area contributed by atoms with Gasteiger partial charge in [0.05, 0.1) is 0 Å². The maximum absolute atomic E-state index is 11.1. The van der Waals surface area contributed by atoms with Crippen molar-refractivity contribution in [1.29, 1.82) is 0 Å². The molecule has 2 fully saturated rings. The Hall–Kier alpha value is -1.63. The molecule has 1 aromatic rings. The Kier molecular flexibility index (Phi) is 2.51. The highest BCUT2D eigenvalue weighted by Gasteiger charge is 2.43. The maximum Gasteiger partial charge on any atom is 0.406 e. The van der Waals surface area contributed by atoms with Gasteiger partial charge in [-0.1, -0.05) is 0 Å². The van der Waals surface area contributed by atoms with Crippen molar-refractivity contribution < 1.29 is 4.92 Å². The number of anilines is 1. The van der Waals surface area contributed by atoms with Crippen molar-refractivity contribution in [2.24, 2.45) is 12.8 Å². The fourth-order valence-electron chi connectivity index (χ4n) is 3.40. The summed E-state index contributed by atoms with van der Waals surface area (Å²) in [4.78, 5) is 16.7. The third kappa shape index (κ3) is 1.58. The molecule has 2 atom stereocenters. The van der Waals surface area contributed by atoms with Gasteiger partial charge in [-0.25, -0.2) is 0 Å². The number of fused-ring (bicyclic) bond motifs is 2. The predicted octanol–water partition coefficient (Wildman–Crippen LogP) is 0.787. The van der Waals surface area contributed by atoms with Crippen LogP contribution in [0.25, 0.3) is 0 Å². The van der Waals surface area contributed by atoms with Gasteiger partial charge in [-0.15, -0.1) is 0 Å². The SMILES string of the molecule is Cn1cnc([N+](=O)[O-])c1N1C2CCC1CC(N)C2. The minimum atomic E-state index is -0.399. The Bertz CT molecular complexity index is 472. The molecule has 0 aromatic carbocycles. The van der Waals surface area contributed by atoms with Gasteiger partial charge in [0.25, 0.3) is 0 Å². The van der Waals surface area contributed by atoms with Crippen molar-refractivity contribution in [1.82, 2.24) is 9.55 Å². The third-order valence-corrected chi connectivity index (χ3v) is 4.07. The van der Waals surface area contributed by atoms with Gasteiger partial charge in [0, 0.05) is 25.2 Å². The monoisotopic (exact) mass is 251 g/mol. The van der Waals surface area contributed by atoms with Crippen LogP contribution >= 0.6 is 0 Å². The van der Waals surface area contributed by atoms with Crippen molar-refractivity contribution in [3.63, 3.8) is 0 Å². The summed E-state index contributed by atoms with van der Waals surface area (Å²) in [6.45, 7) is 0. The number of hydrogen-bond acceptors (Lipinski definition) is 5. The van der Waals surface area contributed by atoms with E-state index in [9.17, 15) is 10.1 Å². The number of nitro groups is 1. The average molecular weight is 251 g/mol. The van der Waals surface area contributed by atoms with Crippen molar-refractivity contribution in [3.8, 4) is 0 Å². The Morgan fingerprint density at radius 1 is 1.44 bits per heavy atom. The molecule has 7 nitrogen and oxygen atoms in total. The first-order valence-corrected chi connectivity index (χ1v) is 6.27. The van der Waals surface area contributed by atoms with Crippen LogP contribution < -0.4 is 10.6 Å². The van der Waals surface area contributed by atoms with Gasteiger partial charge < -0.3 is 20.7 Å². The van der Waals surface area contributed by atoms with E-state index in [1.165, 1.54) is 6.33 Å². The van der Waals surface area contributed by atoms with Gasteiger partial charge in [0.15, 0.2) is 0 Å². The lowest BCUT2D eigenvalue weighted by Gasteiger charge is -2.38. The molecular formula is C11H17N5O2. The van der Waals surface area contributed by atoms with Gasteiger partial charge in [-0.3, -0.25) is 4.57 Å². The first-order valence-electron chi connectivity index (χ1n) is 6.27. The summed E-state index contributed by atoms with van der Waals surface area (Å²) in [5.41, 5.74) is 6.02. The first-order chi connectivity index (χ1) is 8.58. The Balaban J connectivity index is 2.01. The van der Waals surface area contributed by atoms with Crippen molar-refractivity contribution in [3.05, 3.63) is 16.4 Å². The molecule has 7 heteroatoms. The van der Waals surface area contributed by atoms with Gasteiger partial charge >= 0.3 is 5.82 Å². The highest BCUT2D eigenvalue weighted by atomic mass is 16.6. The number of hydrogen-bond donors (Lipinski definition) is 1. The minimum Gasteiger partial charge on any atom is -0.358 e. The molecule has 0 spiro atoms. The first kappa shape index (κ1) is 11.5. The summed E-state index contributed by atoms with van der Waals surface area (Å²) >= 11 is 0. The Labute approximate surface area is 105 Å². The zero-order valence-electron chi connectivity index (χ0n) is 10.3. The molecular weight excluding hydrogens is 234 g/mol. The second-order valence-corrected chi connectivity index (χ2v) is 5.28. The van der Waals surface area contributed by atoms with E-state index in [1.54, 1.807) is 4.57 Å². The standard InChI is InChI=1S/C11H17N5O2/c1-14-6-13-10(16(17)18)11(14)15-8-2-3-9(15)5-7(12)4-8/h6-9H,2-5,12H2,1H3. The maximum atomic E-state index is 11.1. The van der Waals surface area contributed by atoms with E-state index in [2.05, 4.69) is 9.88 Å². The Morgan fingerprint density at radius 2 is 2.06 bits per heavy atom. The zero-order valence-corrected chi connectivity index (χ0v) is 10.3. The van der Waals surface area contributed by atoms with Crippen LogP contribution in [0.4, 0.5) is 11.6 Å². The lowest BCUT2D eigenvalue weighted by molar-refractivity contribution is -0.388. The molecule has 0 amide bonds. The largest absolute Gasteiger partial charge is 0.406 e. The molecule has 2 aliphatic heterocycles. The van der Waals surface area contributed by atoms with Crippen molar-refractivity contribution >= 4 is 11.6 Å². The molecule has 1 aromatic heterocycles. The van der Waals surface area contributed by atoms with Crippen molar-refractivity contribution in [2.45, 2.75) is 43.8 Å². The van der Waals surface area contributed by atoms with Crippen LogP contribution in [-0.2, 0) is 7.05 Å². The van der Waals surface area contributed by atoms with Crippen LogP contribution in [-0.4, -0.2) is 32.6 Å². The van der Waals surface area contributed by atoms with Crippen LogP contribution in [0.2, 0.25) is 0 Å². The number of nitrogens with two attached hydrogens (primary N) is 1. The summed E-state index contributed by atoms with van der Waals surface area (Å²) in [5, 5.41) is 11.1. The molecule has 2 unspecified atom stereocenters. The number of imidazole rings is 1. The van der Waals surface area contributed by atoms with E-state index in [1.807, 2.05) is 7.05 Å². The van der Waals surface area contributed by atoms with Crippen LogP contribution in [0.3, 0.4) is 0 Å². The second kappa shape index (κ2) is 3.94. The second-order valence-electron chi connectivity index (χ2n) is 5.28. The summed E-state index contributed by atoms with van der Waals surface area (Å²) in [7, 11) is 1.81. The van der Waals surface area contributed by atoms with Crippen molar-refractivity contribution in [2.75, 3.05) is 4.90 Å². The molecule has 18 heavy (non-hydrogen) atoms. The predicted molar refractivity (Wildman–Crippen MR) is 66.4 cm³/mol. The molecule has 3 rings (SSSR count). The third-order valence-electron chi connectivity index (χ3n) is 4.07. The summed E-state index contributed by atoms with van der Waals surface area (Å²) in [5.74, 6) is 0.601. The summed E-state index contributed by atoms with van der Waals surface area (Å²) < 4.78 is 1.75. The Morgan fingerprint density at radius 3 is 2.61 bits per heavy atom. The van der Waals surface area contributed by atoms with E-state index in [0.717, 1.165) is 25.7 Å². The number of aromatic nitrogens is 2. The minimum absolute atomic E-state index is 0.0372. The molecule has 0 aliphatic carbocycles. The van der Waals surface area contributed by atoms with Gasteiger partial charge in [-0.05, 0) is 35.6 Å². The van der Waals surface area contributed by atoms with E-state index < -0.39 is 4.92 Å². The summed E-state index contributed by atoms with van der Waals surface area (Å²) in [6.07, 6.45) is 5.49. The molecule has 2 saturated heterocycles. The fourth-order valence-corrected chi connectivity index (χ4v) is 3.40. The van der Waals surface area contributed by atoms with Crippen LogP contribution in [0.15, 0.2) is 6.33 Å². The highest BCUT2D eigenvalue weighted by Crippen LogP contribution is 2.41. The van der Waals surface area contributed by atoms with E-state index >= 15 is 0 Å². The van der Waals surface area contributed by atoms with E-state index in [4.69, 9.17) is 5.73 Å². The van der Waals surface area contributed by atoms with Crippen LogP contribution in [0, 0.1) is 10.1 Å². The molecule has 0 radical (unpaired) electrons. The number of rotatable bonds is 2. The van der Waals surface area contributed by atoms with Gasteiger partial charge in [0.1, 0.15) is 0 Å². The van der Waals surface area contributed by atoms with Crippen LogP contribution in [0.5, 0.6) is 0 Å². The molecule has 2 aliphatic rings. The van der Waals surface area contributed by atoms with E-state index in [-0.39, 0.29) is 11.9 Å². The molecule has 2 bridgehead atoms. The quantitative estimate of drug-likeness (QED) is 0.619. The lowest BCUT2D eigenvalue weighted by atomic mass is 9.98. The van der Waals surface area contributed by atoms with Crippen LogP contribution in [0.1, 0.15) is 25.7 Å².